The lowest BCUT2D eigenvalue weighted by molar-refractivity contribution is -0.134. The number of rotatable bonds is 6. The number of aromatic nitrogens is 2. The Balaban J connectivity index is 1.34. The minimum Gasteiger partial charge on any atom is -0.342 e. The summed E-state index contributed by atoms with van der Waals surface area (Å²) in [4.78, 5) is 35.2. The zero-order chi connectivity index (χ0) is 20.1. The summed E-state index contributed by atoms with van der Waals surface area (Å²) in [6.45, 7) is 11.3. The molecular weight excluding hydrogens is 358 g/mol. The first-order chi connectivity index (χ1) is 13.3. The monoisotopic (exact) mass is 391 g/mol. The van der Waals surface area contributed by atoms with Gasteiger partial charge in [-0.3, -0.25) is 14.5 Å². The van der Waals surface area contributed by atoms with Crippen LogP contribution in [0.5, 0.6) is 0 Å². The first-order valence-electron chi connectivity index (χ1n) is 10.4. The lowest BCUT2D eigenvalue weighted by atomic mass is 9.96. The van der Waals surface area contributed by atoms with Crippen LogP contribution < -0.4 is 0 Å². The predicted molar refractivity (Wildman–Crippen MR) is 105 cm³/mol. The number of amides is 2. The van der Waals surface area contributed by atoms with E-state index in [1.807, 2.05) is 30.6 Å². The van der Waals surface area contributed by atoms with Crippen LogP contribution in [0.15, 0.2) is 4.52 Å². The average molecular weight is 392 g/mol. The minimum absolute atomic E-state index is 0.132. The highest BCUT2D eigenvalue weighted by Crippen LogP contribution is 2.19. The number of carbonyl (C=O) groups excluding carboxylic acids is 2. The number of hydrogen-bond donors (Lipinski definition) is 0. The largest absolute Gasteiger partial charge is 0.342 e. The van der Waals surface area contributed by atoms with E-state index in [1.54, 1.807) is 0 Å². The molecule has 0 saturated carbocycles. The van der Waals surface area contributed by atoms with Crippen molar-refractivity contribution in [1.82, 2.24) is 24.8 Å². The van der Waals surface area contributed by atoms with Gasteiger partial charge >= 0.3 is 0 Å². The topological polar surface area (TPSA) is 82.8 Å². The maximum Gasteiger partial charge on any atom is 0.236 e. The second kappa shape index (κ2) is 9.03. The standard InChI is InChI=1S/C20H33N5O3/c1-20(2,3)19-21-16(28-22-19)7-6-8-17(26)25-13-11-23(12-14-25)15-18(27)24-9-4-5-10-24/h4-15H2,1-3H3. The van der Waals surface area contributed by atoms with E-state index in [4.69, 9.17) is 4.52 Å². The predicted octanol–water partition coefficient (Wildman–Crippen LogP) is 1.46. The van der Waals surface area contributed by atoms with Gasteiger partial charge < -0.3 is 14.3 Å². The third-order valence-corrected chi connectivity index (χ3v) is 5.46. The lowest BCUT2D eigenvalue weighted by Gasteiger charge is -2.35. The molecule has 0 aliphatic carbocycles. The van der Waals surface area contributed by atoms with Crippen molar-refractivity contribution in [3.63, 3.8) is 0 Å². The molecule has 0 bridgehead atoms. The summed E-state index contributed by atoms with van der Waals surface area (Å²) >= 11 is 0. The third kappa shape index (κ3) is 5.53. The van der Waals surface area contributed by atoms with Crippen LogP contribution in [-0.2, 0) is 21.4 Å². The van der Waals surface area contributed by atoms with Crippen molar-refractivity contribution in [2.24, 2.45) is 0 Å². The molecule has 28 heavy (non-hydrogen) atoms. The zero-order valence-electron chi connectivity index (χ0n) is 17.4. The first-order valence-corrected chi connectivity index (χ1v) is 10.4. The smallest absolute Gasteiger partial charge is 0.236 e. The molecule has 2 aliphatic heterocycles. The minimum atomic E-state index is -0.132. The number of likely N-dealkylation sites (tertiary alicyclic amines) is 1. The van der Waals surface area contributed by atoms with Gasteiger partial charge in [0.1, 0.15) is 0 Å². The molecule has 3 heterocycles. The second-order valence-corrected chi connectivity index (χ2v) is 8.86. The molecule has 2 saturated heterocycles. The van der Waals surface area contributed by atoms with Gasteiger partial charge in [0.05, 0.1) is 6.54 Å². The Morgan fingerprint density at radius 3 is 2.21 bits per heavy atom. The Kier molecular flexibility index (Phi) is 6.69. The highest BCUT2D eigenvalue weighted by Gasteiger charge is 2.25. The van der Waals surface area contributed by atoms with Crippen molar-refractivity contribution in [3.8, 4) is 0 Å². The van der Waals surface area contributed by atoms with Crippen LogP contribution in [0.25, 0.3) is 0 Å². The Morgan fingerprint density at radius 2 is 1.61 bits per heavy atom. The van der Waals surface area contributed by atoms with Crippen LogP contribution in [0.1, 0.15) is 58.2 Å². The molecule has 156 valence electrons. The summed E-state index contributed by atoms with van der Waals surface area (Å²) in [5.41, 5.74) is -0.132. The third-order valence-electron chi connectivity index (χ3n) is 5.46. The molecule has 0 N–H and O–H groups in total. The van der Waals surface area contributed by atoms with E-state index in [9.17, 15) is 9.59 Å². The fourth-order valence-electron chi connectivity index (χ4n) is 3.62. The molecule has 0 unspecified atom stereocenters. The van der Waals surface area contributed by atoms with Crippen molar-refractivity contribution in [2.75, 3.05) is 45.8 Å². The normalized spacial score (nSPS) is 18.7. The van der Waals surface area contributed by atoms with E-state index >= 15 is 0 Å². The number of carbonyl (C=O) groups is 2. The molecule has 8 heteroatoms. The van der Waals surface area contributed by atoms with Gasteiger partial charge in [-0.1, -0.05) is 25.9 Å². The second-order valence-electron chi connectivity index (χ2n) is 8.86. The van der Waals surface area contributed by atoms with Gasteiger partial charge in [0.15, 0.2) is 5.82 Å². The summed E-state index contributed by atoms with van der Waals surface area (Å²) < 4.78 is 5.28. The average Bonchev–Trinajstić information content (AvgIpc) is 3.34. The van der Waals surface area contributed by atoms with Crippen molar-refractivity contribution in [2.45, 2.75) is 58.3 Å². The van der Waals surface area contributed by atoms with Gasteiger partial charge in [-0.25, -0.2) is 0 Å². The Morgan fingerprint density at radius 1 is 0.964 bits per heavy atom. The molecule has 0 aromatic carbocycles. The van der Waals surface area contributed by atoms with Gasteiger partial charge in [-0.2, -0.15) is 4.98 Å². The molecular formula is C20H33N5O3. The van der Waals surface area contributed by atoms with E-state index < -0.39 is 0 Å². The number of aryl methyl sites for hydroxylation is 1. The van der Waals surface area contributed by atoms with Crippen molar-refractivity contribution >= 4 is 11.8 Å². The van der Waals surface area contributed by atoms with Gasteiger partial charge in [0.2, 0.25) is 17.7 Å². The Bertz CT molecular complexity index is 668. The number of piperazine rings is 1. The van der Waals surface area contributed by atoms with Gasteiger partial charge in [0, 0.05) is 57.5 Å². The molecule has 8 nitrogen and oxygen atoms in total. The SMILES string of the molecule is CC(C)(C)c1noc(CCCC(=O)N2CCN(CC(=O)N3CCCC3)CC2)n1. The highest BCUT2D eigenvalue weighted by atomic mass is 16.5. The maximum atomic E-state index is 12.5. The van der Waals surface area contributed by atoms with Crippen LogP contribution in [0.3, 0.4) is 0 Å². The van der Waals surface area contributed by atoms with Crippen molar-refractivity contribution in [3.05, 3.63) is 11.7 Å². The molecule has 1 aromatic heterocycles. The van der Waals surface area contributed by atoms with E-state index in [1.165, 1.54) is 0 Å². The van der Waals surface area contributed by atoms with E-state index in [0.717, 1.165) is 39.0 Å². The molecule has 3 rings (SSSR count). The molecule has 0 spiro atoms. The number of nitrogens with zero attached hydrogens (tertiary/aromatic N) is 5. The molecule has 2 aliphatic rings. The molecule has 1 aromatic rings. The summed E-state index contributed by atoms with van der Waals surface area (Å²) in [6, 6.07) is 0. The summed E-state index contributed by atoms with van der Waals surface area (Å²) in [5.74, 6) is 1.70. The molecule has 0 atom stereocenters. The Labute approximate surface area is 167 Å². The van der Waals surface area contributed by atoms with Crippen LogP contribution in [0.4, 0.5) is 0 Å². The van der Waals surface area contributed by atoms with E-state index in [0.29, 0.717) is 50.6 Å². The molecule has 2 amide bonds. The first kappa shape index (κ1) is 20.8. The molecule has 2 fully saturated rings. The van der Waals surface area contributed by atoms with Crippen LogP contribution in [0.2, 0.25) is 0 Å². The number of hydrogen-bond acceptors (Lipinski definition) is 6. The van der Waals surface area contributed by atoms with Crippen molar-refractivity contribution < 1.29 is 14.1 Å². The fraction of sp³-hybridized carbons (Fsp3) is 0.800. The summed E-state index contributed by atoms with van der Waals surface area (Å²) in [5, 5.41) is 4.02. The lowest BCUT2D eigenvalue weighted by Crippen LogP contribution is -2.51. The Hall–Kier alpha value is -1.96. The maximum absolute atomic E-state index is 12.5. The van der Waals surface area contributed by atoms with Crippen molar-refractivity contribution in [1.29, 1.82) is 0 Å². The van der Waals surface area contributed by atoms with Gasteiger partial charge in [-0.05, 0) is 19.3 Å². The van der Waals surface area contributed by atoms with Gasteiger partial charge in [-0.15, -0.1) is 0 Å². The van der Waals surface area contributed by atoms with E-state index in [-0.39, 0.29) is 17.2 Å². The van der Waals surface area contributed by atoms with Crippen LogP contribution in [-0.4, -0.2) is 82.5 Å². The zero-order valence-corrected chi connectivity index (χ0v) is 17.4. The van der Waals surface area contributed by atoms with Crippen LogP contribution in [0, 0.1) is 0 Å². The van der Waals surface area contributed by atoms with E-state index in [2.05, 4.69) is 15.0 Å². The van der Waals surface area contributed by atoms with Crippen LogP contribution >= 0.6 is 0 Å². The fourth-order valence-corrected chi connectivity index (χ4v) is 3.62. The van der Waals surface area contributed by atoms with Gasteiger partial charge in [0.25, 0.3) is 0 Å². The summed E-state index contributed by atoms with van der Waals surface area (Å²) in [7, 11) is 0. The molecule has 0 radical (unpaired) electrons. The highest BCUT2D eigenvalue weighted by molar-refractivity contribution is 5.78. The quantitative estimate of drug-likeness (QED) is 0.730. The summed E-state index contributed by atoms with van der Waals surface area (Å²) in [6.07, 6.45) is 4.06.